The molecule has 2 aliphatic carbocycles. The largest absolute Gasteiger partial charge is 0.494 e. The van der Waals surface area contributed by atoms with Crippen LogP contribution in [-0.2, 0) is 13.6 Å². The average Bonchev–Trinajstić information content (AvgIpc) is 3.44. The van der Waals surface area contributed by atoms with Gasteiger partial charge >= 0.3 is 0 Å². The predicted octanol–water partition coefficient (Wildman–Crippen LogP) is 4.48. The lowest BCUT2D eigenvalue weighted by Gasteiger charge is -2.27. The van der Waals surface area contributed by atoms with Gasteiger partial charge in [-0.3, -0.25) is 9.59 Å². The van der Waals surface area contributed by atoms with Crippen molar-refractivity contribution in [1.82, 2.24) is 24.0 Å². The Labute approximate surface area is 258 Å². The van der Waals surface area contributed by atoms with E-state index >= 15 is 0 Å². The average molecular weight is 608 g/mol. The molecule has 4 N–H and O–H groups in total. The number of rotatable bonds is 7. The van der Waals surface area contributed by atoms with Gasteiger partial charge in [0.05, 0.1) is 29.6 Å². The van der Waals surface area contributed by atoms with E-state index < -0.39 is 11.7 Å². The van der Waals surface area contributed by atoms with Gasteiger partial charge in [-0.25, -0.2) is 14.4 Å². The zero-order chi connectivity index (χ0) is 31.1. The van der Waals surface area contributed by atoms with Gasteiger partial charge in [0.1, 0.15) is 22.7 Å². The summed E-state index contributed by atoms with van der Waals surface area (Å²) in [4.78, 5) is 37.5. The Balaban J connectivity index is 1.24. The number of ether oxygens (including phenoxy) is 1. The molecule has 1 saturated heterocycles. The minimum absolute atomic E-state index is 0.0371. The molecule has 2 aromatic carbocycles. The lowest BCUT2D eigenvalue weighted by Crippen LogP contribution is -2.41. The highest BCUT2D eigenvalue weighted by atomic mass is 19.1. The molecule has 3 aromatic heterocycles. The van der Waals surface area contributed by atoms with Crippen LogP contribution in [0.15, 0.2) is 48.5 Å². The third-order valence-corrected chi connectivity index (χ3v) is 9.95. The number of fused-ring (bicyclic) bond motifs is 4. The molecule has 4 heterocycles. The van der Waals surface area contributed by atoms with E-state index in [9.17, 15) is 14.0 Å². The van der Waals surface area contributed by atoms with Crippen LogP contribution in [0.3, 0.4) is 0 Å². The molecule has 2 amide bonds. The number of benzene rings is 2. The van der Waals surface area contributed by atoms with Crippen LogP contribution < -0.4 is 16.2 Å². The number of primary amides is 1. The molecular weight excluding hydrogens is 573 g/mol. The van der Waals surface area contributed by atoms with E-state index in [0.29, 0.717) is 46.5 Å². The molecule has 2 unspecified atom stereocenters. The number of hydrogen-bond acceptors (Lipinski definition) is 6. The van der Waals surface area contributed by atoms with Crippen molar-refractivity contribution in [2.45, 2.75) is 44.3 Å². The number of nitrogens with two attached hydrogens (primary N) is 2. The highest BCUT2D eigenvalue weighted by molar-refractivity contribution is 6.00. The number of hydrogen-bond donors (Lipinski definition) is 2. The second-order valence-electron chi connectivity index (χ2n) is 12.7. The smallest absolute Gasteiger partial charge is 0.254 e. The van der Waals surface area contributed by atoms with Gasteiger partial charge in [0.25, 0.3) is 11.8 Å². The molecule has 2 saturated carbocycles. The maximum atomic E-state index is 14.2. The van der Waals surface area contributed by atoms with Gasteiger partial charge < -0.3 is 30.2 Å². The molecule has 3 atom stereocenters. The number of carbonyl (C=O) groups excluding carboxylic acids is 2. The van der Waals surface area contributed by atoms with Gasteiger partial charge in [0, 0.05) is 48.7 Å². The molecule has 0 radical (unpaired) electrons. The van der Waals surface area contributed by atoms with Gasteiger partial charge in [-0.2, -0.15) is 0 Å². The molecule has 0 spiro atoms. The monoisotopic (exact) mass is 607 g/mol. The summed E-state index contributed by atoms with van der Waals surface area (Å²) in [5, 5.41) is 0.932. The minimum atomic E-state index is -0.826. The fraction of sp³-hybridized carbons (Fsp3) is 0.353. The van der Waals surface area contributed by atoms with E-state index in [4.69, 9.17) is 26.2 Å². The van der Waals surface area contributed by atoms with Crippen molar-refractivity contribution in [3.63, 3.8) is 0 Å². The molecule has 5 aromatic rings. The quantitative estimate of drug-likeness (QED) is 0.280. The lowest BCUT2D eigenvalue weighted by atomic mass is 10.1. The van der Waals surface area contributed by atoms with Crippen molar-refractivity contribution in [2.75, 3.05) is 13.7 Å². The number of methoxy groups -OCH3 is 1. The number of aromatic nitrogens is 4. The molecular formula is C34H34FN7O3. The minimum Gasteiger partial charge on any atom is -0.494 e. The first kappa shape index (κ1) is 27.8. The van der Waals surface area contributed by atoms with Crippen LogP contribution >= 0.6 is 0 Å². The molecule has 11 heteroatoms. The van der Waals surface area contributed by atoms with Crippen molar-refractivity contribution in [2.24, 2.45) is 30.4 Å². The van der Waals surface area contributed by atoms with Crippen LogP contribution in [0, 0.1) is 17.7 Å². The van der Waals surface area contributed by atoms with Crippen molar-refractivity contribution >= 4 is 33.9 Å². The number of imidazole rings is 1. The highest BCUT2D eigenvalue weighted by Gasteiger charge is 2.47. The Kier molecular flexibility index (Phi) is 6.25. The Bertz CT molecular complexity index is 2040. The Morgan fingerprint density at radius 1 is 1.04 bits per heavy atom. The van der Waals surface area contributed by atoms with Gasteiger partial charge in [-0.1, -0.05) is 0 Å². The number of aryl methyl sites for hydroxylation is 1. The Morgan fingerprint density at radius 2 is 1.87 bits per heavy atom. The first-order chi connectivity index (χ1) is 21.7. The number of amides is 2. The van der Waals surface area contributed by atoms with Gasteiger partial charge in [-0.05, 0) is 86.1 Å². The van der Waals surface area contributed by atoms with Gasteiger partial charge in [0.2, 0.25) is 0 Å². The van der Waals surface area contributed by atoms with E-state index in [1.807, 2.05) is 40.8 Å². The number of carbonyl (C=O) groups is 2. The van der Waals surface area contributed by atoms with Crippen LogP contribution in [0.1, 0.15) is 46.4 Å². The summed E-state index contributed by atoms with van der Waals surface area (Å²) >= 11 is 0. The van der Waals surface area contributed by atoms with Crippen LogP contribution in [0.25, 0.3) is 44.8 Å². The van der Waals surface area contributed by atoms with E-state index in [1.165, 1.54) is 12.1 Å². The topological polar surface area (TPSA) is 134 Å². The molecule has 3 aliphatic rings. The molecule has 3 fully saturated rings. The first-order valence-corrected chi connectivity index (χ1v) is 15.4. The summed E-state index contributed by atoms with van der Waals surface area (Å²) in [5.74, 6) is 0.684. The number of piperidine rings is 1. The SMILES string of the molecule is COc1cc(C(=O)N2CC3CCC2[C@@H]3N)cc2nc(-c3cc4ccc(-c5ccc(F)c(C(N)=O)c5)nc4n3CC3CC3)n(C)c12. The number of likely N-dealkylation sites (tertiary alicyclic amines) is 1. The predicted molar refractivity (Wildman–Crippen MR) is 168 cm³/mol. The van der Waals surface area contributed by atoms with Crippen LogP contribution in [0.2, 0.25) is 0 Å². The maximum absolute atomic E-state index is 14.2. The van der Waals surface area contributed by atoms with Crippen molar-refractivity contribution in [3.05, 3.63) is 65.5 Å². The lowest BCUT2D eigenvalue weighted by molar-refractivity contribution is 0.0700. The molecule has 45 heavy (non-hydrogen) atoms. The number of halogens is 1. The fourth-order valence-corrected chi connectivity index (χ4v) is 7.36. The van der Waals surface area contributed by atoms with Crippen molar-refractivity contribution < 1.29 is 18.7 Å². The molecule has 8 rings (SSSR count). The van der Waals surface area contributed by atoms with Crippen LogP contribution in [0.4, 0.5) is 4.39 Å². The molecule has 2 bridgehead atoms. The fourth-order valence-electron chi connectivity index (χ4n) is 7.36. The second-order valence-corrected chi connectivity index (χ2v) is 12.7. The Morgan fingerprint density at radius 3 is 2.56 bits per heavy atom. The van der Waals surface area contributed by atoms with Crippen LogP contribution in [0.5, 0.6) is 5.75 Å². The van der Waals surface area contributed by atoms with E-state index in [0.717, 1.165) is 60.3 Å². The summed E-state index contributed by atoms with van der Waals surface area (Å²) in [7, 11) is 3.56. The molecule has 230 valence electrons. The Hall–Kier alpha value is -4.77. The van der Waals surface area contributed by atoms with Gasteiger partial charge in [0.15, 0.2) is 5.82 Å². The third kappa shape index (κ3) is 4.40. The summed E-state index contributed by atoms with van der Waals surface area (Å²) in [6.07, 6.45) is 4.30. The zero-order valence-corrected chi connectivity index (χ0v) is 25.2. The molecule has 10 nitrogen and oxygen atoms in total. The summed E-state index contributed by atoms with van der Waals surface area (Å²) in [6, 6.07) is 14.0. The van der Waals surface area contributed by atoms with E-state index in [2.05, 4.69) is 10.6 Å². The normalized spacial score (nSPS) is 20.9. The van der Waals surface area contributed by atoms with Crippen LogP contribution in [-0.4, -0.2) is 61.6 Å². The van der Waals surface area contributed by atoms with E-state index in [-0.39, 0.29) is 23.6 Å². The summed E-state index contributed by atoms with van der Waals surface area (Å²) in [5.41, 5.74) is 16.5. The first-order valence-electron chi connectivity index (χ1n) is 15.4. The van der Waals surface area contributed by atoms with Gasteiger partial charge in [-0.15, -0.1) is 0 Å². The third-order valence-electron chi connectivity index (χ3n) is 9.95. The second kappa shape index (κ2) is 10.1. The maximum Gasteiger partial charge on any atom is 0.254 e. The summed E-state index contributed by atoms with van der Waals surface area (Å²) < 4.78 is 24.2. The van der Waals surface area contributed by atoms with E-state index in [1.54, 1.807) is 13.2 Å². The summed E-state index contributed by atoms with van der Waals surface area (Å²) in [6.45, 7) is 1.46. The van der Waals surface area contributed by atoms with Crippen molar-refractivity contribution in [1.29, 1.82) is 0 Å². The highest BCUT2D eigenvalue weighted by Crippen LogP contribution is 2.40. The van der Waals surface area contributed by atoms with Crippen molar-refractivity contribution in [3.8, 4) is 28.5 Å². The number of nitrogens with zero attached hydrogens (tertiary/aromatic N) is 5. The zero-order valence-electron chi connectivity index (χ0n) is 25.2. The number of pyridine rings is 1. The standard InChI is InChI=1S/C34H34FN7O3/c1-40-30-25(12-21(14-28(30)45-2)34(44)42-16-20-7-10-26(42)29(20)36)39-33(40)27-13-19-6-9-24(38-32(19)41(27)15-17-3-4-17)18-5-8-23(35)22(11-18)31(37)43/h5-6,8-9,11-14,17,20,26,29H,3-4,7,10,15-16,36H2,1-2H3,(H2,37,43)/t20?,26?,29-/m1/s1. The molecule has 1 aliphatic heterocycles.